The first-order valence-corrected chi connectivity index (χ1v) is 12.7. The Morgan fingerprint density at radius 1 is 1.17 bits per heavy atom. The summed E-state index contributed by atoms with van der Waals surface area (Å²) in [5.74, 6) is -0.0250. The highest BCUT2D eigenvalue weighted by molar-refractivity contribution is 7.22. The molecule has 0 bridgehead atoms. The van der Waals surface area contributed by atoms with Crippen molar-refractivity contribution in [2.45, 2.75) is 26.3 Å². The third kappa shape index (κ3) is 3.85. The standard InChI is InChI=1S/C29H25N3O3S/c1-17-14-22-28(36-29(31-22)32(2)16-18-6-4-3-5-7-18)26(21(17)15-24(33)34)20-8-9-23-25-19(11-13-35-23)10-12-30-27(20)25/h3-10,12,14H,11,13,15-16H2,1-2H3,(H,33,34). The predicted octanol–water partition coefficient (Wildman–Crippen LogP) is 6.02. The van der Waals surface area contributed by atoms with E-state index in [4.69, 9.17) is 14.7 Å². The highest BCUT2D eigenvalue weighted by atomic mass is 32.1. The van der Waals surface area contributed by atoms with Gasteiger partial charge in [-0.25, -0.2) is 4.98 Å². The normalized spacial score (nSPS) is 12.6. The van der Waals surface area contributed by atoms with Gasteiger partial charge in [0, 0.05) is 42.7 Å². The molecule has 0 radical (unpaired) electrons. The second kappa shape index (κ2) is 8.91. The molecule has 180 valence electrons. The Balaban J connectivity index is 1.58. The van der Waals surface area contributed by atoms with Gasteiger partial charge in [-0.3, -0.25) is 9.78 Å². The first-order chi connectivity index (χ1) is 17.5. The van der Waals surface area contributed by atoms with E-state index in [-0.39, 0.29) is 6.42 Å². The number of anilines is 1. The van der Waals surface area contributed by atoms with Crippen LogP contribution >= 0.6 is 11.3 Å². The zero-order chi connectivity index (χ0) is 24.8. The quantitative estimate of drug-likeness (QED) is 0.311. The van der Waals surface area contributed by atoms with Crippen molar-refractivity contribution in [3.8, 4) is 16.9 Å². The summed E-state index contributed by atoms with van der Waals surface area (Å²) in [5.41, 5.74) is 7.67. The maximum Gasteiger partial charge on any atom is 0.307 e. The monoisotopic (exact) mass is 495 g/mol. The summed E-state index contributed by atoms with van der Waals surface area (Å²) in [5, 5.41) is 11.7. The Labute approximate surface area is 212 Å². The zero-order valence-electron chi connectivity index (χ0n) is 20.1. The fraction of sp³-hybridized carbons (Fsp3) is 0.207. The predicted molar refractivity (Wildman–Crippen MR) is 144 cm³/mol. The Morgan fingerprint density at radius 3 is 2.81 bits per heavy atom. The van der Waals surface area contributed by atoms with Gasteiger partial charge < -0.3 is 14.7 Å². The average Bonchev–Trinajstić information content (AvgIpc) is 3.30. The smallest absolute Gasteiger partial charge is 0.307 e. The van der Waals surface area contributed by atoms with E-state index in [0.29, 0.717) is 6.61 Å². The maximum atomic E-state index is 11.9. The Hall–Kier alpha value is -3.97. The van der Waals surface area contributed by atoms with Gasteiger partial charge in [-0.2, -0.15) is 0 Å². The average molecular weight is 496 g/mol. The second-order valence-electron chi connectivity index (χ2n) is 9.21. The molecule has 0 saturated carbocycles. The van der Waals surface area contributed by atoms with Gasteiger partial charge in [-0.15, -0.1) is 0 Å². The van der Waals surface area contributed by atoms with Crippen molar-refractivity contribution in [1.82, 2.24) is 9.97 Å². The molecule has 5 aromatic rings. The number of pyridine rings is 1. The summed E-state index contributed by atoms with van der Waals surface area (Å²) < 4.78 is 6.91. The van der Waals surface area contributed by atoms with Crippen LogP contribution in [0.4, 0.5) is 5.13 Å². The van der Waals surface area contributed by atoms with E-state index >= 15 is 0 Å². The van der Waals surface area contributed by atoms with Crippen LogP contribution in [-0.4, -0.2) is 34.7 Å². The molecule has 1 N–H and O–H groups in total. The van der Waals surface area contributed by atoms with Crippen molar-refractivity contribution in [2.75, 3.05) is 18.6 Å². The van der Waals surface area contributed by atoms with E-state index in [0.717, 1.165) is 67.2 Å². The highest BCUT2D eigenvalue weighted by Gasteiger charge is 2.24. The second-order valence-corrected chi connectivity index (χ2v) is 10.2. The number of hydrogen-bond acceptors (Lipinski definition) is 6. The van der Waals surface area contributed by atoms with Crippen LogP contribution in [0.1, 0.15) is 22.3 Å². The van der Waals surface area contributed by atoms with E-state index in [1.165, 1.54) is 11.1 Å². The zero-order valence-corrected chi connectivity index (χ0v) is 20.9. The van der Waals surface area contributed by atoms with Crippen molar-refractivity contribution < 1.29 is 14.6 Å². The van der Waals surface area contributed by atoms with Crippen molar-refractivity contribution in [3.05, 3.63) is 83.0 Å². The molecular formula is C29H25N3O3S. The molecule has 0 unspecified atom stereocenters. The summed E-state index contributed by atoms with van der Waals surface area (Å²) in [4.78, 5) is 23.8. The van der Waals surface area contributed by atoms with Crippen LogP contribution in [0, 0.1) is 6.92 Å². The van der Waals surface area contributed by atoms with Gasteiger partial charge in [-0.1, -0.05) is 41.7 Å². The van der Waals surface area contributed by atoms with Gasteiger partial charge in [0.25, 0.3) is 0 Å². The molecule has 0 saturated heterocycles. The van der Waals surface area contributed by atoms with Gasteiger partial charge in [0.15, 0.2) is 5.13 Å². The fourth-order valence-electron chi connectivity index (χ4n) is 5.08. The first kappa shape index (κ1) is 22.5. The Kier molecular flexibility index (Phi) is 5.57. The lowest BCUT2D eigenvalue weighted by Gasteiger charge is -2.21. The van der Waals surface area contributed by atoms with Crippen LogP contribution in [-0.2, 0) is 24.2 Å². The minimum absolute atomic E-state index is 0.0658. The van der Waals surface area contributed by atoms with E-state index < -0.39 is 5.97 Å². The van der Waals surface area contributed by atoms with Crippen molar-refractivity contribution >= 4 is 43.6 Å². The van der Waals surface area contributed by atoms with Crippen LogP contribution in [0.2, 0.25) is 0 Å². The third-order valence-electron chi connectivity index (χ3n) is 6.76. The lowest BCUT2D eigenvalue weighted by molar-refractivity contribution is -0.136. The molecule has 3 aromatic carbocycles. The van der Waals surface area contributed by atoms with Crippen LogP contribution in [0.5, 0.6) is 5.75 Å². The molecule has 1 aliphatic heterocycles. The minimum atomic E-state index is -0.858. The minimum Gasteiger partial charge on any atom is -0.493 e. The van der Waals surface area contributed by atoms with Crippen molar-refractivity contribution in [2.24, 2.45) is 0 Å². The van der Waals surface area contributed by atoms with E-state index in [1.807, 2.05) is 62.6 Å². The molecule has 0 atom stereocenters. The van der Waals surface area contributed by atoms with Gasteiger partial charge in [0.2, 0.25) is 0 Å². The number of carbonyl (C=O) groups is 1. The number of rotatable bonds is 6. The van der Waals surface area contributed by atoms with Gasteiger partial charge in [-0.05, 0) is 53.4 Å². The Morgan fingerprint density at radius 2 is 2.00 bits per heavy atom. The molecule has 3 heterocycles. The number of hydrogen-bond donors (Lipinski definition) is 1. The Bertz CT molecular complexity index is 1620. The molecule has 0 amide bonds. The number of thiazole rings is 1. The molecule has 6 nitrogen and oxygen atoms in total. The largest absolute Gasteiger partial charge is 0.493 e. The number of carboxylic acids is 1. The maximum absolute atomic E-state index is 11.9. The summed E-state index contributed by atoms with van der Waals surface area (Å²) in [6.45, 7) is 3.35. The number of ether oxygens (including phenoxy) is 1. The van der Waals surface area contributed by atoms with Crippen molar-refractivity contribution in [1.29, 1.82) is 0 Å². The number of nitrogens with zero attached hydrogens (tertiary/aromatic N) is 3. The van der Waals surface area contributed by atoms with Gasteiger partial charge >= 0.3 is 5.97 Å². The van der Waals surface area contributed by atoms with E-state index in [2.05, 4.69) is 17.0 Å². The van der Waals surface area contributed by atoms with Crippen LogP contribution in [0.3, 0.4) is 0 Å². The molecule has 1 aliphatic rings. The van der Waals surface area contributed by atoms with Crippen molar-refractivity contribution in [3.63, 3.8) is 0 Å². The number of benzene rings is 3. The molecule has 2 aromatic heterocycles. The molecule has 0 aliphatic carbocycles. The van der Waals surface area contributed by atoms with E-state index in [1.54, 1.807) is 11.3 Å². The summed E-state index contributed by atoms with van der Waals surface area (Å²) >= 11 is 1.60. The molecule has 7 heteroatoms. The molecule has 6 rings (SSSR count). The summed E-state index contributed by atoms with van der Waals surface area (Å²) in [7, 11) is 2.04. The van der Waals surface area contributed by atoms with Crippen LogP contribution in [0.15, 0.2) is 60.8 Å². The third-order valence-corrected chi connectivity index (χ3v) is 7.96. The van der Waals surface area contributed by atoms with Gasteiger partial charge in [0.05, 0.1) is 28.8 Å². The topological polar surface area (TPSA) is 75.5 Å². The fourth-order valence-corrected chi connectivity index (χ4v) is 6.17. The number of fused-ring (bicyclic) bond motifs is 1. The highest BCUT2D eigenvalue weighted by Crippen LogP contribution is 2.45. The van der Waals surface area contributed by atoms with Gasteiger partial charge in [0.1, 0.15) is 5.75 Å². The molecule has 0 spiro atoms. The van der Waals surface area contributed by atoms with Crippen LogP contribution in [0.25, 0.3) is 32.2 Å². The van der Waals surface area contributed by atoms with E-state index in [9.17, 15) is 9.90 Å². The first-order valence-electron chi connectivity index (χ1n) is 11.9. The number of aryl methyl sites for hydroxylation is 1. The SMILES string of the molecule is Cc1cc2nc(N(C)Cc3ccccc3)sc2c(-c2ccc3c4c(ccnc24)CCO3)c1CC(=O)O. The number of aromatic nitrogens is 2. The molecule has 36 heavy (non-hydrogen) atoms. The molecule has 0 fully saturated rings. The lowest BCUT2D eigenvalue weighted by Crippen LogP contribution is -2.15. The number of carboxylic acid groups (broad SMARTS) is 1. The lowest BCUT2D eigenvalue weighted by atomic mass is 9.90. The summed E-state index contributed by atoms with van der Waals surface area (Å²) in [6, 6.07) is 18.4. The summed E-state index contributed by atoms with van der Waals surface area (Å²) in [6.07, 6.45) is 2.60. The van der Waals surface area contributed by atoms with Crippen LogP contribution < -0.4 is 9.64 Å². The number of aliphatic carboxylic acids is 1. The molecular weight excluding hydrogens is 470 g/mol.